The lowest BCUT2D eigenvalue weighted by Crippen LogP contribution is -2.41. The molecule has 1 saturated heterocycles. The highest BCUT2D eigenvalue weighted by Gasteiger charge is 2.40. The molecular formula is C17H21F3N4O4S. The van der Waals surface area contributed by atoms with Crippen LogP contribution < -0.4 is 10.4 Å². The fraction of sp³-hybridized carbons (Fsp3) is 0.529. The van der Waals surface area contributed by atoms with Crippen molar-refractivity contribution < 1.29 is 26.3 Å². The maximum atomic E-state index is 13.0. The standard InChI is InChI=1S/C17H21F3N4O4S/c1-3-28-13-6-4-5-7-14(13)29(26,27)23-10-8-12(9-11-23)24-16(25)22(2)15(21-24)17(18,19)20/h4-7,12H,3,8-11H2,1-2H3. The van der Waals surface area contributed by atoms with Crippen LogP contribution in [0.4, 0.5) is 13.2 Å². The zero-order chi connectivity index (χ0) is 21.4. The molecule has 3 rings (SSSR count). The summed E-state index contributed by atoms with van der Waals surface area (Å²) in [7, 11) is -2.83. The summed E-state index contributed by atoms with van der Waals surface area (Å²) >= 11 is 0. The molecule has 0 aliphatic carbocycles. The number of para-hydroxylation sites is 1. The predicted molar refractivity (Wildman–Crippen MR) is 97.1 cm³/mol. The molecule has 0 atom stereocenters. The van der Waals surface area contributed by atoms with Gasteiger partial charge in [-0.1, -0.05) is 12.1 Å². The monoisotopic (exact) mass is 434 g/mol. The molecule has 1 aliphatic rings. The molecule has 0 radical (unpaired) electrons. The maximum absolute atomic E-state index is 13.0. The quantitative estimate of drug-likeness (QED) is 0.719. The van der Waals surface area contributed by atoms with E-state index in [1.54, 1.807) is 25.1 Å². The lowest BCUT2D eigenvalue weighted by Gasteiger charge is -2.31. The number of sulfonamides is 1. The van der Waals surface area contributed by atoms with Gasteiger partial charge < -0.3 is 4.74 Å². The van der Waals surface area contributed by atoms with Crippen LogP contribution in [0.15, 0.2) is 34.0 Å². The summed E-state index contributed by atoms with van der Waals surface area (Å²) < 4.78 is 72.8. The molecule has 2 heterocycles. The smallest absolute Gasteiger partial charge is 0.451 e. The molecule has 1 aliphatic heterocycles. The van der Waals surface area contributed by atoms with Crippen LogP contribution in [-0.2, 0) is 23.2 Å². The molecule has 0 saturated carbocycles. The highest BCUT2D eigenvalue weighted by molar-refractivity contribution is 7.89. The van der Waals surface area contributed by atoms with Gasteiger partial charge in [-0.25, -0.2) is 17.9 Å². The number of halogens is 3. The van der Waals surface area contributed by atoms with Crippen molar-refractivity contribution in [3.63, 3.8) is 0 Å². The summed E-state index contributed by atoms with van der Waals surface area (Å²) in [4.78, 5) is 12.2. The normalized spacial score (nSPS) is 16.9. The molecule has 0 bridgehead atoms. The number of nitrogens with zero attached hydrogens (tertiary/aromatic N) is 4. The number of ether oxygens (including phenoxy) is 1. The lowest BCUT2D eigenvalue weighted by atomic mass is 10.1. The average molecular weight is 434 g/mol. The van der Waals surface area contributed by atoms with Crippen LogP contribution in [0.5, 0.6) is 5.75 Å². The Morgan fingerprint density at radius 2 is 1.83 bits per heavy atom. The Balaban J connectivity index is 1.80. The average Bonchev–Trinajstić information content (AvgIpc) is 2.98. The van der Waals surface area contributed by atoms with Crippen LogP contribution in [0.25, 0.3) is 0 Å². The van der Waals surface area contributed by atoms with Crippen LogP contribution in [0.3, 0.4) is 0 Å². The van der Waals surface area contributed by atoms with Gasteiger partial charge in [0.1, 0.15) is 10.6 Å². The molecule has 1 aromatic heterocycles. The number of alkyl halides is 3. The second-order valence-corrected chi connectivity index (χ2v) is 8.53. The third kappa shape index (κ3) is 4.04. The van der Waals surface area contributed by atoms with Gasteiger partial charge >= 0.3 is 11.9 Å². The van der Waals surface area contributed by atoms with E-state index in [1.165, 1.54) is 10.4 Å². The number of hydrogen-bond donors (Lipinski definition) is 0. The molecule has 8 nitrogen and oxygen atoms in total. The maximum Gasteiger partial charge on any atom is 0.451 e. The number of benzene rings is 1. The van der Waals surface area contributed by atoms with Crippen LogP contribution in [0.2, 0.25) is 0 Å². The van der Waals surface area contributed by atoms with E-state index in [-0.39, 0.29) is 36.6 Å². The van der Waals surface area contributed by atoms with Gasteiger partial charge in [-0.15, -0.1) is 5.10 Å². The largest absolute Gasteiger partial charge is 0.492 e. The molecule has 29 heavy (non-hydrogen) atoms. The summed E-state index contributed by atoms with van der Waals surface area (Å²) in [6.07, 6.45) is -4.40. The lowest BCUT2D eigenvalue weighted by molar-refractivity contribution is -0.147. The summed E-state index contributed by atoms with van der Waals surface area (Å²) in [6, 6.07) is 5.66. The Labute approximate surface area is 165 Å². The summed E-state index contributed by atoms with van der Waals surface area (Å²) in [5, 5.41) is 3.44. The van der Waals surface area contributed by atoms with Gasteiger partial charge in [0, 0.05) is 20.1 Å². The summed E-state index contributed by atoms with van der Waals surface area (Å²) in [5.41, 5.74) is -0.875. The Morgan fingerprint density at radius 1 is 1.21 bits per heavy atom. The van der Waals surface area contributed by atoms with E-state index in [2.05, 4.69) is 5.10 Å². The SMILES string of the molecule is CCOc1ccccc1S(=O)(=O)N1CCC(n2nc(C(F)(F)F)n(C)c2=O)CC1. The molecule has 12 heteroatoms. The van der Waals surface area contributed by atoms with E-state index in [4.69, 9.17) is 4.74 Å². The first-order valence-corrected chi connectivity index (χ1v) is 10.5. The molecule has 0 amide bonds. The van der Waals surface area contributed by atoms with Crippen LogP contribution in [-0.4, -0.2) is 46.8 Å². The van der Waals surface area contributed by atoms with Crippen molar-refractivity contribution in [3.05, 3.63) is 40.6 Å². The van der Waals surface area contributed by atoms with Crippen molar-refractivity contribution in [1.82, 2.24) is 18.7 Å². The number of rotatable bonds is 5. The van der Waals surface area contributed by atoms with Crippen LogP contribution in [0, 0.1) is 0 Å². The first kappa shape index (κ1) is 21.4. The predicted octanol–water partition coefficient (Wildman–Crippen LogP) is 2.03. The summed E-state index contributed by atoms with van der Waals surface area (Å²) in [6.45, 7) is 2.16. The molecule has 0 N–H and O–H groups in total. The van der Waals surface area contributed by atoms with Crippen molar-refractivity contribution in [3.8, 4) is 5.75 Å². The van der Waals surface area contributed by atoms with E-state index in [1.807, 2.05) is 0 Å². The minimum absolute atomic E-state index is 0.0367. The van der Waals surface area contributed by atoms with E-state index in [9.17, 15) is 26.4 Å². The summed E-state index contributed by atoms with van der Waals surface area (Å²) in [5.74, 6) is -1.03. The van der Waals surface area contributed by atoms with Crippen molar-refractivity contribution in [2.45, 2.75) is 36.9 Å². The third-order valence-corrected chi connectivity index (χ3v) is 6.73. The zero-order valence-electron chi connectivity index (χ0n) is 15.9. The zero-order valence-corrected chi connectivity index (χ0v) is 16.7. The number of hydrogen-bond acceptors (Lipinski definition) is 5. The van der Waals surface area contributed by atoms with Crippen LogP contribution in [0.1, 0.15) is 31.6 Å². The van der Waals surface area contributed by atoms with Gasteiger partial charge in [0.2, 0.25) is 15.8 Å². The number of piperidine rings is 1. The van der Waals surface area contributed by atoms with E-state index < -0.39 is 33.8 Å². The Morgan fingerprint density at radius 3 is 2.38 bits per heavy atom. The molecule has 160 valence electrons. The van der Waals surface area contributed by atoms with Crippen LogP contribution >= 0.6 is 0 Å². The second kappa shape index (κ2) is 7.82. The molecule has 2 aromatic rings. The van der Waals surface area contributed by atoms with Gasteiger partial charge in [0.15, 0.2) is 0 Å². The fourth-order valence-corrected chi connectivity index (χ4v) is 4.95. The van der Waals surface area contributed by atoms with Gasteiger partial charge in [0.05, 0.1) is 12.6 Å². The molecular weight excluding hydrogens is 413 g/mol. The van der Waals surface area contributed by atoms with E-state index >= 15 is 0 Å². The number of aromatic nitrogens is 3. The minimum Gasteiger partial charge on any atom is -0.492 e. The van der Waals surface area contributed by atoms with Gasteiger partial charge in [-0.3, -0.25) is 4.57 Å². The first-order valence-electron chi connectivity index (χ1n) is 9.02. The topological polar surface area (TPSA) is 86.4 Å². The fourth-order valence-electron chi connectivity index (χ4n) is 3.35. The second-order valence-electron chi connectivity index (χ2n) is 6.62. The van der Waals surface area contributed by atoms with Crippen molar-refractivity contribution in [2.24, 2.45) is 7.05 Å². The van der Waals surface area contributed by atoms with Crippen molar-refractivity contribution in [1.29, 1.82) is 0 Å². The van der Waals surface area contributed by atoms with Crippen molar-refractivity contribution >= 4 is 10.0 Å². The molecule has 0 spiro atoms. The Kier molecular flexibility index (Phi) is 5.77. The minimum atomic E-state index is -4.74. The third-order valence-electron chi connectivity index (χ3n) is 4.79. The molecule has 1 fully saturated rings. The van der Waals surface area contributed by atoms with E-state index in [0.29, 0.717) is 11.2 Å². The highest BCUT2D eigenvalue weighted by atomic mass is 32.2. The van der Waals surface area contributed by atoms with Crippen molar-refractivity contribution in [2.75, 3.05) is 19.7 Å². The Bertz CT molecular complexity index is 1040. The molecule has 1 aromatic carbocycles. The molecule has 0 unspecified atom stereocenters. The van der Waals surface area contributed by atoms with E-state index in [0.717, 1.165) is 11.7 Å². The first-order chi connectivity index (χ1) is 13.6. The highest BCUT2D eigenvalue weighted by Crippen LogP contribution is 2.31. The van der Waals surface area contributed by atoms with Gasteiger partial charge in [0.25, 0.3) is 0 Å². The Hall–Kier alpha value is -2.34. The van der Waals surface area contributed by atoms with Gasteiger partial charge in [-0.2, -0.15) is 17.5 Å². The van der Waals surface area contributed by atoms with Gasteiger partial charge in [-0.05, 0) is 31.9 Å².